The lowest BCUT2D eigenvalue weighted by molar-refractivity contribution is -0.123. The molecule has 12 heavy (non-hydrogen) atoms. The molecule has 4 heteroatoms. The lowest BCUT2D eigenvalue weighted by atomic mass is 10.1. The summed E-state index contributed by atoms with van der Waals surface area (Å²) < 4.78 is 0. The molecule has 1 amide bonds. The van der Waals surface area contributed by atoms with E-state index in [1.807, 2.05) is 13.8 Å². The van der Waals surface area contributed by atoms with Gasteiger partial charge in [-0.05, 0) is 12.8 Å². The molecule has 4 N–H and O–H groups in total. The lowest BCUT2D eigenvalue weighted by Crippen LogP contribution is -2.47. The van der Waals surface area contributed by atoms with Crippen LogP contribution >= 0.6 is 0 Å². The third kappa shape index (κ3) is 3.69. The Hall–Kier alpha value is -0.610. The summed E-state index contributed by atoms with van der Waals surface area (Å²) in [5.74, 6) is 0.000417. The topological polar surface area (TPSA) is 75.3 Å². The Morgan fingerprint density at radius 1 is 1.50 bits per heavy atom. The maximum Gasteiger partial charge on any atom is 0.236 e. The average molecular weight is 174 g/mol. The minimum absolute atomic E-state index is 0.0455. The van der Waals surface area contributed by atoms with E-state index < -0.39 is 6.04 Å². The van der Waals surface area contributed by atoms with Crippen LogP contribution in [0.1, 0.15) is 20.8 Å². The number of hydrogen-bond donors (Lipinski definition) is 3. The van der Waals surface area contributed by atoms with Crippen LogP contribution in [0.2, 0.25) is 0 Å². The van der Waals surface area contributed by atoms with Gasteiger partial charge < -0.3 is 16.2 Å². The van der Waals surface area contributed by atoms with Gasteiger partial charge in [-0.15, -0.1) is 0 Å². The molecule has 0 aliphatic rings. The van der Waals surface area contributed by atoms with E-state index in [4.69, 9.17) is 10.8 Å². The van der Waals surface area contributed by atoms with Crippen LogP contribution in [0.5, 0.6) is 0 Å². The van der Waals surface area contributed by atoms with Gasteiger partial charge in [-0.1, -0.05) is 13.8 Å². The molecule has 0 aromatic rings. The fraction of sp³-hybridized carbons (Fsp3) is 0.875. The van der Waals surface area contributed by atoms with Crippen molar-refractivity contribution in [3.63, 3.8) is 0 Å². The lowest BCUT2D eigenvalue weighted by Gasteiger charge is -2.20. The zero-order valence-electron chi connectivity index (χ0n) is 7.87. The third-order valence-electron chi connectivity index (χ3n) is 1.74. The van der Waals surface area contributed by atoms with Crippen LogP contribution in [-0.4, -0.2) is 29.7 Å². The maximum atomic E-state index is 11.1. The molecule has 72 valence electrons. The average Bonchev–Trinajstić information content (AvgIpc) is 1.98. The zero-order valence-corrected chi connectivity index (χ0v) is 7.87. The molecule has 0 aromatic carbocycles. The Kier molecular flexibility index (Phi) is 4.85. The minimum Gasteiger partial charge on any atom is -0.394 e. The highest BCUT2D eigenvalue weighted by molar-refractivity contribution is 5.81. The maximum absolute atomic E-state index is 11.1. The van der Waals surface area contributed by atoms with Gasteiger partial charge in [-0.2, -0.15) is 0 Å². The van der Waals surface area contributed by atoms with Crippen molar-refractivity contribution in [2.75, 3.05) is 6.61 Å². The molecule has 0 heterocycles. The molecule has 0 aliphatic carbocycles. The largest absolute Gasteiger partial charge is 0.394 e. The molecule has 0 saturated carbocycles. The number of carbonyl (C=O) groups is 1. The second kappa shape index (κ2) is 5.11. The number of rotatable bonds is 4. The summed E-state index contributed by atoms with van der Waals surface area (Å²) >= 11 is 0. The van der Waals surface area contributed by atoms with Gasteiger partial charge in [0.2, 0.25) is 5.91 Å². The molecule has 0 bridgehead atoms. The van der Waals surface area contributed by atoms with E-state index in [0.29, 0.717) is 0 Å². The quantitative estimate of drug-likeness (QED) is 0.536. The van der Waals surface area contributed by atoms with E-state index in [1.165, 1.54) is 0 Å². The molecule has 0 rings (SSSR count). The number of hydrogen-bond acceptors (Lipinski definition) is 3. The van der Waals surface area contributed by atoms with Crippen molar-refractivity contribution >= 4 is 5.91 Å². The minimum atomic E-state index is -0.516. The summed E-state index contributed by atoms with van der Waals surface area (Å²) in [5, 5.41) is 11.5. The van der Waals surface area contributed by atoms with E-state index in [0.717, 1.165) is 0 Å². The Balaban J connectivity index is 3.94. The number of aliphatic hydroxyl groups is 1. The highest BCUT2D eigenvalue weighted by Gasteiger charge is 2.16. The molecule has 0 fully saturated rings. The monoisotopic (exact) mass is 174 g/mol. The van der Waals surface area contributed by atoms with Crippen molar-refractivity contribution in [2.45, 2.75) is 32.9 Å². The highest BCUT2D eigenvalue weighted by Crippen LogP contribution is 2.00. The summed E-state index contributed by atoms with van der Waals surface area (Å²) in [6.45, 7) is 5.44. The molecule has 0 aliphatic heterocycles. The van der Waals surface area contributed by atoms with Crippen molar-refractivity contribution in [1.82, 2.24) is 5.32 Å². The highest BCUT2D eigenvalue weighted by atomic mass is 16.3. The summed E-state index contributed by atoms with van der Waals surface area (Å²) in [5.41, 5.74) is 5.35. The molecule has 2 atom stereocenters. The second-order valence-corrected chi connectivity index (χ2v) is 3.33. The fourth-order valence-corrected chi connectivity index (χ4v) is 0.737. The Labute approximate surface area is 73.1 Å². The van der Waals surface area contributed by atoms with Crippen LogP contribution < -0.4 is 11.1 Å². The van der Waals surface area contributed by atoms with Crippen LogP contribution in [0.3, 0.4) is 0 Å². The molecule has 4 nitrogen and oxygen atoms in total. The van der Waals surface area contributed by atoms with Crippen LogP contribution in [0, 0.1) is 5.92 Å². The van der Waals surface area contributed by atoms with E-state index in [-0.39, 0.29) is 24.5 Å². The molecule has 1 unspecified atom stereocenters. The van der Waals surface area contributed by atoms with E-state index in [9.17, 15) is 4.79 Å². The number of aliphatic hydroxyl groups excluding tert-OH is 1. The first-order chi connectivity index (χ1) is 5.49. The molecule has 0 saturated heterocycles. The van der Waals surface area contributed by atoms with Crippen LogP contribution in [0.15, 0.2) is 0 Å². The van der Waals surface area contributed by atoms with Crippen LogP contribution in [0.4, 0.5) is 0 Å². The fourth-order valence-electron chi connectivity index (χ4n) is 0.737. The molecule has 0 radical (unpaired) electrons. The Morgan fingerprint density at radius 3 is 2.25 bits per heavy atom. The van der Waals surface area contributed by atoms with Gasteiger partial charge in [-0.25, -0.2) is 0 Å². The van der Waals surface area contributed by atoms with Crippen LogP contribution in [-0.2, 0) is 4.79 Å². The molecule has 0 aromatic heterocycles. The zero-order chi connectivity index (χ0) is 9.72. The van der Waals surface area contributed by atoms with Gasteiger partial charge >= 0.3 is 0 Å². The van der Waals surface area contributed by atoms with Crippen molar-refractivity contribution in [3.8, 4) is 0 Å². The normalized spacial score (nSPS) is 15.8. The summed E-state index contributed by atoms with van der Waals surface area (Å²) in [6.07, 6.45) is 0. The van der Waals surface area contributed by atoms with Crippen molar-refractivity contribution < 1.29 is 9.90 Å². The summed E-state index contributed by atoms with van der Waals surface area (Å²) in [6, 6.07) is -0.707. The molecule has 0 spiro atoms. The second-order valence-electron chi connectivity index (χ2n) is 3.33. The molecular formula is C8H18N2O2. The van der Waals surface area contributed by atoms with E-state index in [2.05, 4.69) is 5.32 Å². The number of carbonyl (C=O) groups excluding carboxylic acids is 1. The summed E-state index contributed by atoms with van der Waals surface area (Å²) in [4.78, 5) is 11.1. The SMILES string of the molecule is CC(C)C(CO)NC(=O)[C@H](C)N. The number of nitrogens with one attached hydrogen (secondary N) is 1. The van der Waals surface area contributed by atoms with E-state index >= 15 is 0 Å². The van der Waals surface area contributed by atoms with Gasteiger partial charge in [0.05, 0.1) is 18.7 Å². The van der Waals surface area contributed by atoms with Gasteiger partial charge in [0, 0.05) is 0 Å². The first-order valence-electron chi connectivity index (χ1n) is 4.15. The van der Waals surface area contributed by atoms with Crippen molar-refractivity contribution in [3.05, 3.63) is 0 Å². The number of amides is 1. The third-order valence-corrected chi connectivity index (χ3v) is 1.74. The van der Waals surface area contributed by atoms with E-state index in [1.54, 1.807) is 6.92 Å². The number of nitrogens with two attached hydrogens (primary N) is 1. The van der Waals surface area contributed by atoms with Gasteiger partial charge in [0.1, 0.15) is 0 Å². The Morgan fingerprint density at radius 2 is 2.00 bits per heavy atom. The Bertz CT molecular complexity index is 146. The predicted octanol–water partition coefficient (Wildman–Crippen LogP) is -0.533. The smallest absolute Gasteiger partial charge is 0.236 e. The standard InChI is InChI=1S/C8H18N2O2/c1-5(2)7(4-11)10-8(12)6(3)9/h5-7,11H,4,9H2,1-3H3,(H,10,12)/t6-,7?/m0/s1. The predicted molar refractivity (Wildman–Crippen MR) is 47.5 cm³/mol. The van der Waals surface area contributed by atoms with Gasteiger partial charge in [-0.3, -0.25) is 4.79 Å². The molecular weight excluding hydrogens is 156 g/mol. The van der Waals surface area contributed by atoms with Gasteiger partial charge in [0.25, 0.3) is 0 Å². The van der Waals surface area contributed by atoms with Crippen molar-refractivity contribution in [2.24, 2.45) is 11.7 Å². The van der Waals surface area contributed by atoms with Crippen LogP contribution in [0.25, 0.3) is 0 Å². The van der Waals surface area contributed by atoms with Gasteiger partial charge in [0.15, 0.2) is 0 Å². The summed E-state index contributed by atoms with van der Waals surface area (Å²) in [7, 11) is 0. The first-order valence-corrected chi connectivity index (χ1v) is 4.15. The van der Waals surface area contributed by atoms with Crippen molar-refractivity contribution in [1.29, 1.82) is 0 Å². The first kappa shape index (κ1) is 11.4.